The van der Waals surface area contributed by atoms with Crippen LogP contribution in [-0.4, -0.2) is 58.1 Å². The average molecular weight is 263 g/mol. The van der Waals surface area contributed by atoms with E-state index in [2.05, 4.69) is 10.6 Å². The zero-order valence-corrected chi connectivity index (χ0v) is 11.2. The van der Waals surface area contributed by atoms with Gasteiger partial charge in [0.25, 0.3) is 0 Å². The summed E-state index contributed by atoms with van der Waals surface area (Å²) in [7, 11) is -0.240. The van der Waals surface area contributed by atoms with Crippen molar-refractivity contribution in [2.75, 3.05) is 39.5 Å². The fourth-order valence-corrected chi connectivity index (χ4v) is 2.45. The van der Waals surface area contributed by atoms with Crippen molar-refractivity contribution in [1.82, 2.24) is 14.9 Å². The molecule has 1 amide bonds. The van der Waals surface area contributed by atoms with Crippen LogP contribution in [0.15, 0.2) is 0 Å². The van der Waals surface area contributed by atoms with Gasteiger partial charge in [0.2, 0.25) is 15.9 Å². The molecule has 0 aromatic carbocycles. The Morgan fingerprint density at radius 1 is 1.47 bits per heavy atom. The smallest absolute Gasteiger partial charge is 0.220 e. The average Bonchev–Trinajstić information content (AvgIpc) is 2.69. The van der Waals surface area contributed by atoms with Crippen molar-refractivity contribution in [3.8, 4) is 0 Å². The number of nitrogens with zero attached hydrogens (tertiary/aromatic N) is 1. The molecule has 1 aliphatic heterocycles. The number of rotatable bonds is 6. The molecule has 0 radical (unpaired) electrons. The Morgan fingerprint density at radius 3 is 2.71 bits per heavy atom. The van der Waals surface area contributed by atoms with Gasteiger partial charge in [-0.1, -0.05) is 0 Å². The normalized spacial score (nSPS) is 20.8. The zero-order chi connectivity index (χ0) is 12.9. The summed E-state index contributed by atoms with van der Waals surface area (Å²) in [5, 5.41) is 5.84. The number of carbonyl (C=O) groups is 1. The molecule has 1 atom stereocenters. The van der Waals surface area contributed by atoms with Crippen LogP contribution in [0.4, 0.5) is 0 Å². The molecule has 1 rings (SSSR count). The van der Waals surface area contributed by atoms with Crippen LogP contribution in [0.5, 0.6) is 0 Å². The lowest BCUT2D eigenvalue weighted by atomic mass is 10.1. The van der Waals surface area contributed by atoms with E-state index < -0.39 is 10.0 Å². The van der Waals surface area contributed by atoms with Gasteiger partial charge in [0.05, 0.1) is 5.75 Å². The molecule has 0 aromatic heterocycles. The summed E-state index contributed by atoms with van der Waals surface area (Å²) < 4.78 is 24.0. The van der Waals surface area contributed by atoms with Gasteiger partial charge in [-0.2, -0.15) is 0 Å². The summed E-state index contributed by atoms with van der Waals surface area (Å²) in [6, 6.07) is 0. The molecule has 0 saturated carbocycles. The van der Waals surface area contributed by atoms with E-state index in [0.717, 1.165) is 19.5 Å². The number of amides is 1. The predicted molar refractivity (Wildman–Crippen MR) is 66.1 cm³/mol. The third kappa shape index (κ3) is 5.01. The molecule has 1 fully saturated rings. The minimum absolute atomic E-state index is 0.0470. The van der Waals surface area contributed by atoms with Crippen LogP contribution < -0.4 is 10.6 Å². The summed E-state index contributed by atoms with van der Waals surface area (Å²) >= 11 is 0. The molecule has 17 heavy (non-hydrogen) atoms. The molecule has 2 N–H and O–H groups in total. The number of hydrogen-bond donors (Lipinski definition) is 2. The van der Waals surface area contributed by atoms with E-state index in [-0.39, 0.29) is 18.2 Å². The van der Waals surface area contributed by atoms with E-state index in [1.807, 2.05) is 0 Å². The van der Waals surface area contributed by atoms with Gasteiger partial charge in [-0.05, 0) is 25.4 Å². The molecular formula is C10H21N3O3S. The maximum Gasteiger partial charge on any atom is 0.220 e. The molecule has 7 heteroatoms. The van der Waals surface area contributed by atoms with Gasteiger partial charge in [-0.15, -0.1) is 0 Å². The maximum atomic E-state index is 11.5. The molecule has 1 unspecified atom stereocenters. The van der Waals surface area contributed by atoms with Crippen molar-refractivity contribution in [3.05, 3.63) is 0 Å². The largest absolute Gasteiger partial charge is 0.355 e. The standard InChI is InChI=1S/C10H21N3O3S/c1-13(2)17(15,16)6-5-12-10(14)7-9-3-4-11-8-9/h9,11H,3-8H2,1-2H3,(H,12,14). The minimum atomic E-state index is -3.21. The van der Waals surface area contributed by atoms with Crippen LogP contribution in [0.3, 0.4) is 0 Å². The highest BCUT2D eigenvalue weighted by Gasteiger charge is 2.18. The van der Waals surface area contributed by atoms with Gasteiger partial charge in [0.1, 0.15) is 0 Å². The molecule has 0 aliphatic carbocycles. The van der Waals surface area contributed by atoms with Crippen LogP contribution >= 0.6 is 0 Å². The van der Waals surface area contributed by atoms with E-state index >= 15 is 0 Å². The maximum absolute atomic E-state index is 11.5. The highest BCUT2D eigenvalue weighted by atomic mass is 32.2. The van der Waals surface area contributed by atoms with Crippen molar-refractivity contribution < 1.29 is 13.2 Å². The topological polar surface area (TPSA) is 78.5 Å². The molecule has 0 bridgehead atoms. The number of nitrogens with one attached hydrogen (secondary N) is 2. The van der Waals surface area contributed by atoms with E-state index in [1.54, 1.807) is 0 Å². The van der Waals surface area contributed by atoms with Crippen LogP contribution in [0.2, 0.25) is 0 Å². The van der Waals surface area contributed by atoms with Crippen molar-refractivity contribution in [2.24, 2.45) is 5.92 Å². The molecule has 1 aliphatic rings. The zero-order valence-electron chi connectivity index (χ0n) is 10.4. The Balaban J connectivity index is 2.20. The summed E-state index contributed by atoms with van der Waals surface area (Å²) in [6.45, 7) is 2.02. The van der Waals surface area contributed by atoms with E-state index in [9.17, 15) is 13.2 Å². The first-order chi connectivity index (χ1) is 7.92. The summed E-state index contributed by atoms with van der Waals surface area (Å²) in [4.78, 5) is 11.5. The summed E-state index contributed by atoms with van der Waals surface area (Å²) in [5.41, 5.74) is 0. The van der Waals surface area contributed by atoms with Crippen molar-refractivity contribution in [2.45, 2.75) is 12.8 Å². The number of sulfonamides is 1. The fraction of sp³-hybridized carbons (Fsp3) is 0.900. The van der Waals surface area contributed by atoms with Gasteiger partial charge in [-0.25, -0.2) is 12.7 Å². The van der Waals surface area contributed by atoms with E-state index in [4.69, 9.17) is 0 Å². The predicted octanol–water partition coefficient (Wildman–Crippen LogP) is -1.01. The quantitative estimate of drug-likeness (QED) is 0.644. The van der Waals surface area contributed by atoms with Crippen molar-refractivity contribution >= 4 is 15.9 Å². The second kappa shape index (κ2) is 6.32. The Morgan fingerprint density at radius 2 is 2.18 bits per heavy atom. The highest BCUT2D eigenvalue weighted by molar-refractivity contribution is 7.89. The van der Waals surface area contributed by atoms with Crippen LogP contribution in [0.25, 0.3) is 0 Å². The van der Waals surface area contributed by atoms with Gasteiger partial charge in [0.15, 0.2) is 0 Å². The van der Waals surface area contributed by atoms with Crippen LogP contribution in [0.1, 0.15) is 12.8 Å². The molecule has 1 saturated heterocycles. The molecule has 1 heterocycles. The van der Waals surface area contributed by atoms with E-state index in [0.29, 0.717) is 12.3 Å². The second-order valence-corrected chi connectivity index (χ2v) is 6.81. The van der Waals surface area contributed by atoms with Crippen LogP contribution in [-0.2, 0) is 14.8 Å². The fourth-order valence-electron chi connectivity index (χ4n) is 1.73. The van der Waals surface area contributed by atoms with Crippen molar-refractivity contribution in [1.29, 1.82) is 0 Å². The van der Waals surface area contributed by atoms with Gasteiger partial charge < -0.3 is 10.6 Å². The first-order valence-electron chi connectivity index (χ1n) is 5.79. The Labute approximate surface area is 103 Å². The lowest BCUT2D eigenvalue weighted by Gasteiger charge is -2.12. The molecule has 100 valence electrons. The Bertz CT molecular complexity index is 348. The van der Waals surface area contributed by atoms with E-state index in [1.165, 1.54) is 18.4 Å². The van der Waals surface area contributed by atoms with Gasteiger partial charge in [0, 0.05) is 27.1 Å². The van der Waals surface area contributed by atoms with Gasteiger partial charge >= 0.3 is 0 Å². The Kier molecular flexibility index (Phi) is 5.35. The monoisotopic (exact) mass is 263 g/mol. The van der Waals surface area contributed by atoms with Crippen molar-refractivity contribution in [3.63, 3.8) is 0 Å². The molecule has 0 spiro atoms. The first-order valence-corrected chi connectivity index (χ1v) is 7.40. The molecule has 6 nitrogen and oxygen atoms in total. The minimum Gasteiger partial charge on any atom is -0.355 e. The van der Waals surface area contributed by atoms with Gasteiger partial charge in [-0.3, -0.25) is 4.79 Å². The Hall–Kier alpha value is -0.660. The third-order valence-corrected chi connectivity index (χ3v) is 4.71. The highest BCUT2D eigenvalue weighted by Crippen LogP contribution is 2.11. The van der Waals surface area contributed by atoms with Crippen LogP contribution in [0, 0.1) is 5.92 Å². The molecular weight excluding hydrogens is 242 g/mol. The second-order valence-electron chi connectivity index (χ2n) is 4.51. The lowest BCUT2D eigenvalue weighted by Crippen LogP contribution is -2.34. The number of hydrogen-bond acceptors (Lipinski definition) is 4. The molecule has 0 aromatic rings. The first kappa shape index (κ1) is 14.4. The summed E-state index contributed by atoms with van der Waals surface area (Å²) in [6.07, 6.45) is 1.50. The lowest BCUT2D eigenvalue weighted by molar-refractivity contribution is -0.121. The third-order valence-electron chi connectivity index (χ3n) is 2.87. The summed E-state index contributed by atoms with van der Waals surface area (Å²) in [5.74, 6) is 0.280. The number of carbonyl (C=O) groups excluding carboxylic acids is 1. The SMILES string of the molecule is CN(C)S(=O)(=O)CCNC(=O)CC1CCNC1.